The minimum Gasteiger partial charge on any atom is -0.368 e. The molecule has 0 spiro atoms. The van der Waals surface area contributed by atoms with Crippen molar-refractivity contribution in [2.24, 2.45) is 4.99 Å². The Bertz CT molecular complexity index is 493. The Morgan fingerprint density at radius 2 is 1.53 bits per heavy atom. The second-order valence-corrected chi connectivity index (χ2v) is 4.48. The number of benzene rings is 2. The molecule has 0 radical (unpaired) electrons. The Labute approximate surface area is 114 Å². The van der Waals surface area contributed by atoms with Gasteiger partial charge in [0.25, 0.3) is 0 Å². The number of rotatable bonds is 6. The van der Waals surface area contributed by atoms with Gasteiger partial charge in [0.15, 0.2) is 0 Å². The zero-order valence-electron chi connectivity index (χ0n) is 11.2. The van der Waals surface area contributed by atoms with Gasteiger partial charge in [0, 0.05) is 6.21 Å². The van der Waals surface area contributed by atoms with E-state index in [1.165, 1.54) is 11.1 Å². The van der Waals surface area contributed by atoms with Crippen molar-refractivity contribution < 1.29 is 4.74 Å². The molecular formula is C17H19NO. The molecule has 0 bridgehead atoms. The van der Waals surface area contributed by atoms with Crippen molar-refractivity contribution in [3.05, 3.63) is 71.8 Å². The van der Waals surface area contributed by atoms with Gasteiger partial charge in [-0.3, -0.25) is 4.99 Å². The molecule has 1 atom stereocenters. The summed E-state index contributed by atoms with van der Waals surface area (Å²) >= 11 is 0. The Kier molecular flexibility index (Phi) is 5.32. The van der Waals surface area contributed by atoms with E-state index in [4.69, 9.17) is 4.74 Å². The van der Waals surface area contributed by atoms with Crippen molar-refractivity contribution in [3.8, 4) is 0 Å². The van der Waals surface area contributed by atoms with Crippen molar-refractivity contribution in [3.63, 3.8) is 0 Å². The van der Waals surface area contributed by atoms with Crippen LogP contribution < -0.4 is 0 Å². The molecule has 1 unspecified atom stereocenters. The Balaban J connectivity index is 1.74. The summed E-state index contributed by atoms with van der Waals surface area (Å²) in [5, 5.41) is 0. The molecular weight excluding hydrogens is 234 g/mol. The smallest absolute Gasteiger partial charge is 0.0898 e. The summed E-state index contributed by atoms with van der Waals surface area (Å²) < 4.78 is 5.72. The molecule has 0 heterocycles. The number of hydrogen-bond donors (Lipinski definition) is 0. The second-order valence-electron chi connectivity index (χ2n) is 4.48. The normalized spacial score (nSPS) is 12.7. The van der Waals surface area contributed by atoms with Crippen LogP contribution in [0.1, 0.15) is 18.1 Å². The van der Waals surface area contributed by atoms with E-state index in [-0.39, 0.29) is 6.10 Å². The third-order valence-corrected chi connectivity index (χ3v) is 2.79. The summed E-state index contributed by atoms with van der Waals surface area (Å²) in [4.78, 5) is 4.40. The monoisotopic (exact) mass is 253 g/mol. The van der Waals surface area contributed by atoms with E-state index in [0.717, 1.165) is 0 Å². The van der Waals surface area contributed by atoms with Crippen molar-refractivity contribution in [2.75, 3.05) is 0 Å². The lowest BCUT2D eigenvalue weighted by Crippen LogP contribution is -2.09. The maximum absolute atomic E-state index is 5.72. The molecule has 19 heavy (non-hydrogen) atoms. The van der Waals surface area contributed by atoms with Crippen molar-refractivity contribution in [1.29, 1.82) is 0 Å². The van der Waals surface area contributed by atoms with Crippen LogP contribution in [0.25, 0.3) is 0 Å². The molecule has 0 saturated carbocycles. The van der Waals surface area contributed by atoms with E-state index >= 15 is 0 Å². The standard InChI is InChI=1S/C17H19NO/c1-15(19-14-17-10-6-3-7-11-17)12-18-13-16-8-4-2-5-9-16/h2-12,15H,13-14H2,1H3. The number of ether oxygens (including phenoxy) is 1. The topological polar surface area (TPSA) is 21.6 Å². The van der Waals surface area contributed by atoms with Crippen LogP contribution in [0.15, 0.2) is 65.7 Å². The fourth-order valence-corrected chi connectivity index (χ4v) is 1.73. The van der Waals surface area contributed by atoms with E-state index in [1.54, 1.807) is 0 Å². The van der Waals surface area contributed by atoms with Crippen LogP contribution in [-0.2, 0) is 17.9 Å². The van der Waals surface area contributed by atoms with Crippen molar-refractivity contribution in [1.82, 2.24) is 0 Å². The van der Waals surface area contributed by atoms with Gasteiger partial charge in [-0.25, -0.2) is 0 Å². The van der Waals surface area contributed by atoms with Crippen molar-refractivity contribution in [2.45, 2.75) is 26.2 Å². The number of nitrogens with zero attached hydrogens (tertiary/aromatic N) is 1. The highest BCUT2D eigenvalue weighted by atomic mass is 16.5. The second kappa shape index (κ2) is 7.49. The lowest BCUT2D eigenvalue weighted by Gasteiger charge is -2.08. The minimum atomic E-state index is 0.0314. The molecule has 98 valence electrons. The van der Waals surface area contributed by atoms with Crippen LogP contribution >= 0.6 is 0 Å². The molecule has 2 aromatic carbocycles. The molecule has 0 aliphatic carbocycles. The molecule has 2 heteroatoms. The SMILES string of the molecule is CC(C=NCc1ccccc1)OCc1ccccc1. The highest BCUT2D eigenvalue weighted by Crippen LogP contribution is 2.03. The molecule has 0 aromatic heterocycles. The quantitative estimate of drug-likeness (QED) is 0.716. The first-order valence-electron chi connectivity index (χ1n) is 6.54. The third-order valence-electron chi connectivity index (χ3n) is 2.79. The molecule has 0 aliphatic rings. The van der Waals surface area contributed by atoms with Crippen LogP contribution in [0.5, 0.6) is 0 Å². The minimum absolute atomic E-state index is 0.0314. The predicted octanol–water partition coefficient (Wildman–Crippen LogP) is 3.86. The molecule has 0 aliphatic heterocycles. The van der Waals surface area contributed by atoms with Gasteiger partial charge in [-0.15, -0.1) is 0 Å². The van der Waals surface area contributed by atoms with Gasteiger partial charge in [-0.05, 0) is 18.1 Å². The van der Waals surface area contributed by atoms with E-state index in [1.807, 2.05) is 49.5 Å². The van der Waals surface area contributed by atoms with E-state index < -0.39 is 0 Å². The summed E-state index contributed by atoms with van der Waals surface area (Å²) in [6.07, 6.45) is 1.90. The predicted molar refractivity (Wildman–Crippen MR) is 79.3 cm³/mol. The van der Waals surface area contributed by atoms with Crippen LogP contribution in [0.2, 0.25) is 0 Å². The lowest BCUT2D eigenvalue weighted by molar-refractivity contribution is 0.0989. The molecule has 0 fully saturated rings. The first kappa shape index (κ1) is 13.5. The van der Waals surface area contributed by atoms with Crippen molar-refractivity contribution >= 4 is 6.21 Å². The van der Waals surface area contributed by atoms with Gasteiger partial charge < -0.3 is 4.74 Å². The zero-order valence-corrected chi connectivity index (χ0v) is 11.2. The fourth-order valence-electron chi connectivity index (χ4n) is 1.73. The molecule has 0 saturated heterocycles. The summed E-state index contributed by atoms with van der Waals surface area (Å²) in [5.41, 5.74) is 2.40. The van der Waals surface area contributed by atoms with Gasteiger partial charge >= 0.3 is 0 Å². The largest absolute Gasteiger partial charge is 0.368 e. The van der Waals surface area contributed by atoms with Crippen LogP contribution in [0.4, 0.5) is 0 Å². The van der Waals surface area contributed by atoms with Gasteiger partial charge in [-0.2, -0.15) is 0 Å². The Hall–Kier alpha value is -1.93. The van der Waals surface area contributed by atoms with Gasteiger partial charge in [0.05, 0.1) is 19.3 Å². The summed E-state index contributed by atoms with van der Waals surface area (Å²) in [7, 11) is 0. The maximum atomic E-state index is 5.72. The molecule has 2 aromatic rings. The first-order valence-corrected chi connectivity index (χ1v) is 6.54. The van der Waals surface area contributed by atoms with Crippen LogP contribution in [0, 0.1) is 0 Å². The fraction of sp³-hybridized carbons (Fsp3) is 0.235. The molecule has 2 nitrogen and oxygen atoms in total. The average Bonchev–Trinajstić information content (AvgIpc) is 2.47. The number of hydrogen-bond acceptors (Lipinski definition) is 2. The third kappa shape index (κ3) is 5.06. The highest BCUT2D eigenvalue weighted by Gasteiger charge is 1.98. The van der Waals surface area contributed by atoms with Gasteiger partial charge in [-0.1, -0.05) is 60.7 Å². The summed E-state index contributed by atoms with van der Waals surface area (Å²) in [6, 6.07) is 20.4. The van der Waals surface area contributed by atoms with Gasteiger partial charge in [0.1, 0.15) is 0 Å². The van der Waals surface area contributed by atoms with Crippen LogP contribution in [0.3, 0.4) is 0 Å². The lowest BCUT2D eigenvalue weighted by atomic mass is 10.2. The molecule has 0 amide bonds. The Morgan fingerprint density at radius 1 is 0.947 bits per heavy atom. The summed E-state index contributed by atoms with van der Waals surface area (Å²) in [5.74, 6) is 0. The highest BCUT2D eigenvalue weighted by molar-refractivity contribution is 5.62. The maximum Gasteiger partial charge on any atom is 0.0898 e. The zero-order chi connectivity index (χ0) is 13.3. The van der Waals surface area contributed by atoms with E-state index in [0.29, 0.717) is 13.2 Å². The summed E-state index contributed by atoms with van der Waals surface area (Å²) in [6.45, 7) is 3.34. The number of aliphatic imine (C=N–C) groups is 1. The van der Waals surface area contributed by atoms with E-state index in [9.17, 15) is 0 Å². The van der Waals surface area contributed by atoms with Gasteiger partial charge in [0.2, 0.25) is 0 Å². The Morgan fingerprint density at radius 3 is 2.16 bits per heavy atom. The van der Waals surface area contributed by atoms with E-state index in [2.05, 4.69) is 29.3 Å². The van der Waals surface area contributed by atoms with Crippen LogP contribution in [-0.4, -0.2) is 12.3 Å². The first-order chi connectivity index (χ1) is 9.34. The molecule has 2 rings (SSSR count). The molecule has 0 N–H and O–H groups in total. The average molecular weight is 253 g/mol.